The Kier molecular flexibility index (Phi) is 5.77. The predicted molar refractivity (Wildman–Crippen MR) is 87.6 cm³/mol. The summed E-state index contributed by atoms with van der Waals surface area (Å²) in [5.41, 5.74) is 1.78. The molecule has 0 spiro atoms. The molecular formula is C17H17F2NO3S. The van der Waals surface area contributed by atoms with Crippen molar-refractivity contribution in [3.05, 3.63) is 52.3 Å². The molecule has 2 rings (SSSR count). The lowest BCUT2D eigenvalue weighted by molar-refractivity contribution is 0.0525. The van der Waals surface area contributed by atoms with E-state index in [0.717, 1.165) is 23.9 Å². The minimum absolute atomic E-state index is 0.0358. The van der Waals surface area contributed by atoms with Crippen LogP contribution in [0.25, 0.3) is 0 Å². The fraction of sp³-hybridized carbons (Fsp3) is 0.294. The zero-order valence-corrected chi connectivity index (χ0v) is 14.4. The molecule has 0 amide bonds. The summed E-state index contributed by atoms with van der Waals surface area (Å²) in [7, 11) is 0. The van der Waals surface area contributed by atoms with E-state index in [0.29, 0.717) is 27.4 Å². The maximum atomic E-state index is 13.2. The van der Waals surface area contributed by atoms with Gasteiger partial charge in [-0.25, -0.2) is 13.6 Å². The van der Waals surface area contributed by atoms with Crippen LogP contribution >= 0.6 is 11.8 Å². The zero-order valence-electron chi connectivity index (χ0n) is 13.5. The molecule has 0 saturated heterocycles. The van der Waals surface area contributed by atoms with Crippen LogP contribution in [-0.4, -0.2) is 29.1 Å². The van der Waals surface area contributed by atoms with Crippen LogP contribution in [0.2, 0.25) is 0 Å². The largest absolute Gasteiger partial charge is 0.462 e. The summed E-state index contributed by atoms with van der Waals surface area (Å²) in [6, 6.07) is 3.47. The molecule has 24 heavy (non-hydrogen) atoms. The van der Waals surface area contributed by atoms with E-state index in [1.165, 1.54) is 6.07 Å². The average molecular weight is 353 g/mol. The Labute approximate surface area is 142 Å². The van der Waals surface area contributed by atoms with Crippen molar-refractivity contribution in [2.45, 2.75) is 25.7 Å². The van der Waals surface area contributed by atoms with Gasteiger partial charge in [-0.2, -0.15) is 0 Å². The molecule has 0 radical (unpaired) electrons. The summed E-state index contributed by atoms with van der Waals surface area (Å²) in [6.45, 7) is 5.32. The van der Waals surface area contributed by atoms with Crippen molar-refractivity contribution in [2.24, 2.45) is 0 Å². The lowest BCUT2D eigenvalue weighted by Crippen LogP contribution is -2.08. The highest BCUT2D eigenvalue weighted by Gasteiger charge is 2.22. The van der Waals surface area contributed by atoms with Gasteiger partial charge in [0.15, 0.2) is 17.4 Å². The molecule has 1 aromatic carbocycles. The second-order valence-electron chi connectivity index (χ2n) is 5.13. The summed E-state index contributed by atoms with van der Waals surface area (Å²) in [5.74, 6) is -2.56. The molecule has 0 atom stereocenters. The number of benzene rings is 1. The standard InChI is InChI=1S/C17H17F2NO3S/c1-4-23-17(22)15-9(2)16(20-10(15)3)14(21)8-24-11-5-6-12(18)13(19)7-11/h5-7,20H,4,8H2,1-3H3. The van der Waals surface area contributed by atoms with E-state index in [1.807, 2.05) is 0 Å². The number of nitrogens with one attached hydrogen (secondary N) is 1. The number of H-pyrrole nitrogens is 1. The van der Waals surface area contributed by atoms with Crippen LogP contribution in [0.3, 0.4) is 0 Å². The van der Waals surface area contributed by atoms with E-state index in [9.17, 15) is 18.4 Å². The SMILES string of the molecule is CCOC(=O)c1c(C)[nH]c(C(=O)CSc2ccc(F)c(F)c2)c1C. The highest BCUT2D eigenvalue weighted by molar-refractivity contribution is 8.00. The van der Waals surface area contributed by atoms with Gasteiger partial charge in [-0.3, -0.25) is 4.79 Å². The van der Waals surface area contributed by atoms with E-state index in [2.05, 4.69) is 4.98 Å². The number of ether oxygens (including phenoxy) is 1. The van der Waals surface area contributed by atoms with Crippen molar-refractivity contribution in [3.63, 3.8) is 0 Å². The molecule has 0 aliphatic heterocycles. The molecule has 1 heterocycles. The summed E-state index contributed by atoms with van der Waals surface area (Å²) < 4.78 is 31.1. The maximum Gasteiger partial charge on any atom is 0.340 e. The van der Waals surface area contributed by atoms with Gasteiger partial charge in [0, 0.05) is 10.6 Å². The maximum absolute atomic E-state index is 13.2. The van der Waals surface area contributed by atoms with Crippen LogP contribution < -0.4 is 0 Å². The van der Waals surface area contributed by atoms with Crippen LogP contribution in [0, 0.1) is 25.5 Å². The second-order valence-corrected chi connectivity index (χ2v) is 6.18. The Morgan fingerprint density at radius 3 is 2.54 bits per heavy atom. The van der Waals surface area contributed by atoms with Crippen LogP contribution in [0.1, 0.15) is 39.0 Å². The number of aryl methyl sites for hydroxylation is 1. The first-order valence-electron chi connectivity index (χ1n) is 7.32. The van der Waals surface area contributed by atoms with Gasteiger partial charge >= 0.3 is 5.97 Å². The first-order chi connectivity index (χ1) is 11.3. The van der Waals surface area contributed by atoms with Gasteiger partial charge in [0.05, 0.1) is 23.6 Å². The third kappa shape index (κ3) is 3.84. The lowest BCUT2D eigenvalue weighted by atomic mass is 10.1. The molecule has 7 heteroatoms. The topological polar surface area (TPSA) is 59.2 Å². The highest BCUT2D eigenvalue weighted by atomic mass is 32.2. The number of halogens is 2. The van der Waals surface area contributed by atoms with Crippen molar-refractivity contribution >= 4 is 23.5 Å². The van der Waals surface area contributed by atoms with Crippen LogP contribution in [0.15, 0.2) is 23.1 Å². The van der Waals surface area contributed by atoms with Gasteiger partial charge in [0.2, 0.25) is 0 Å². The quantitative estimate of drug-likeness (QED) is 0.483. The number of aromatic nitrogens is 1. The molecule has 1 aromatic heterocycles. The molecule has 0 saturated carbocycles. The van der Waals surface area contributed by atoms with E-state index in [-0.39, 0.29) is 18.1 Å². The molecule has 1 N–H and O–H groups in total. The van der Waals surface area contributed by atoms with E-state index >= 15 is 0 Å². The summed E-state index contributed by atoms with van der Waals surface area (Å²) in [4.78, 5) is 27.7. The van der Waals surface area contributed by atoms with Crippen LogP contribution in [0.4, 0.5) is 8.78 Å². The van der Waals surface area contributed by atoms with Gasteiger partial charge in [-0.15, -0.1) is 11.8 Å². The number of hydrogen-bond donors (Lipinski definition) is 1. The van der Waals surface area contributed by atoms with E-state index in [4.69, 9.17) is 4.74 Å². The summed E-state index contributed by atoms with van der Waals surface area (Å²) in [5, 5.41) is 0. The Hall–Kier alpha value is -2.15. The minimum atomic E-state index is -0.955. The normalized spacial score (nSPS) is 10.7. The van der Waals surface area contributed by atoms with Crippen LogP contribution in [0.5, 0.6) is 0 Å². The Bertz CT molecular complexity index is 786. The number of aromatic amines is 1. The molecule has 2 aromatic rings. The van der Waals surface area contributed by atoms with Gasteiger partial charge < -0.3 is 9.72 Å². The summed E-state index contributed by atoms with van der Waals surface area (Å²) >= 11 is 1.10. The molecule has 0 unspecified atom stereocenters. The zero-order chi connectivity index (χ0) is 17.9. The number of thioether (sulfide) groups is 1. The Balaban J connectivity index is 2.14. The fourth-order valence-corrected chi connectivity index (χ4v) is 3.12. The average Bonchev–Trinajstić information content (AvgIpc) is 2.83. The van der Waals surface area contributed by atoms with Crippen LogP contribution in [-0.2, 0) is 4.74 Å². The number of ketones is 1. The molecule has 0 bridgehead atoms. The Morgan fingerprint density at radius 2 is 1.92 bits per heavy atom. The van der Waals surface area contributed by atoms with Crippen molar-refractivity contribution in [1.29, 1.82) is 0 Å². The number of rotatable bonds is 6. The smallest absolute Gasteiger partial charge is 0.340 e. The highest BCUT2D eigenvalue weighted by Crippen LogP contribution is 2.24. The number of Topliss-reactive ketones (excluding diaryl/α,β-unsaturated/α-hetero) is 1. The third-order valence-corrected chi connectivity index (χ3v) is 4.45. The third-order valence-electron chi connectivity index (χ3n) is 3.46. The molecule has 0 fully saturated rings. The van der Waals surface area contributed by atoms with Gasteiger partial charge in [-0.1, -0.05) is 0 Å². The van der Waals surface area contributed by atoms with Gasteiger partial charge in [0.1, 0.15) is 0 Å². The molecule has 128 valence electrons. The van der Waals surface area contributed by atoms with Crippen molar-refractivity contribution < 1.29 is 23.1 Å². The molecular weight excluding hydrogens is 336 g/mol. The fourth-order valence-electron chi connectivity index (χ4n) is 2.33. The van der Waals surface area contributed by atoms with Crippen molar-refractivity contribution in [1.82, 2.24) is 4.98 Å². The van der Waals surface area contributed by atoms with Crippen molar-refractivity contribution in [3.8, 4) is 0 Å². The second kappa shape index (κ2) is 7.61. The lowest BCUT2D eigenvalue weighted by Gasteiger charge is -2.03. The number of hydrogen-bond acceptors (Lipinski definition) is 4. The predicted octanol–water partition coefficient (Wildman–Crippen LogP) is 4.06. The van der Waals surface area contributed by atoms with Gasteiger partial charge in [-0.05, 0) is 44.5 Å². The number of carbonyl (C=O) groups is 2. The van der Waals surface area contributed by atoms with E-state index < -0.39 is 17.6 Å². The van der Waals surface area contributed by atoms with Gasteiger partial charge in [0.25, 0.3) is 0 Å². The first kappa shape index (κ1) is 18.2. The monoisotopic (exact) mass is 353 g/mol. The molecule has 0 aliphatic carbocycles. The Morgan fingerprint density at radius 1 is 1.21 bits per heavy atom. The molecule has 4 nitrogen and oxygen atoms in total. The molecule has 0 aliphatic rings. The number of carbonyl (C=O) groups excluding carboxylic acids is 2. The summed E-state index contributed by atoms with van der Waals surface area (Å²) in [6.07, 6.45) is 0. The first-order valence-corrected chi connectivity index (χ1v) is 8.31. The van der Waals surface area contributed by atoms with E-state index in [1.54, 1.807) is 20.8 Å². The minimum Gasteiger partial charge on any atom is -0.462 e. The number of esters is 1. The van der Waals surface area contributed by atoms with Crippen molar-refractivity contribution in [2.75, 3.05) is 12.4 Å².